The lowest BCUT2D eigenvalue weighted by atomic mass is 10.0. The number of hydrogen-bond acceptors (Lipinski definition) is 4. The number of primary amides is 1. The summed E-state index contributed by atoms with van der Waals surface area (Å²) >= 11 is 1.39. The Balaban J connectivity index is 2.13. The molecule has 0 spiro atoms. The van der Waals surface area contributed by atoms with Gasteiger partial charge in [-0.25, -0.2) is 0 Å². The number of rotatable bonds is 4. The molecule has 2 amide bonds. The third kappa shape index (κ3) is 3.08. The number of thiophene rings is 1. The summed E-state index contributed by atoms with van der Waals surface area (Å²) in [7, 11) is 0. The van der Waals surface area contributed by atoms with Crippen LogP contribution in [0.15, 0.2) is 17.5 Å². The molecule has 1 fully saturated rings. The zero-order valence-corrected chi connectivity index (χ0v) is 10.9. The third-order valence-electron chi connectivity index (χ3n) is 3.07. The topological polar surface area (TPSA) is 75.4 Å². The second kappa shape index (κ2) is 5.97. The molecule has 1 aliphatic heterocycles. The van der Waals surface area contributed by atoms with Gasteiger partial charge >= 0.3 is 0 Å². The Morgan fingerprint density at radius 3 is 2.72 bits per heavy atom. The van der Waals surface area contributed by atoms with Crippen molar-refractivity contribution in [2.24, 2.45) is 5.73 Å². The van der Waals surface area contributed by atoms with E-state index in [9.17, 15) is 9.59 Å². The first-order valence-corrected chi connectivity index (χ1v) is 6.90. The predicted molar refractivity (Wildman–Crippen MR) is 70.4 cm³/mol. The molecule has 0 radical (unpaired) electrons. The Labute approximate surface area is 110 Å². The fourth-order valence-corrected chi connectivity index (χ4v) is 2.87. The maximum Gasteiger partial charge on any atom is 0.264 e. The number of hydrogen-bond donors (Lipinski definition) is 2. The van der Waals surface area contributed by atoms with E-state index < -0.39 is 5.91 Å². The van der Waals surface area contributed by atoms with Crippen LogP contribution < -0.4 is 11.1 Å². The van der Waals surface area contributed by atoms with Crippen molar-refractivity contribution in [3.63, 3.8) is 0 Å². The normalized spacial score (nSPS) is 16.4. The highest BCUT2D eigenvalue weighted by molar-refractivity contribution is 7.12. The molecule has 2 rings (SSSR count). The van der Waals surface area contributed by atoms with Crippen LogP contribution in [0.5, 0.6) is 0 Å². The highest BCUT2D eigenvalue weighted by atomic mass is 32.1. The summed E-state index contributed by atoms with van der Waals surface area (Å²) in [6.07, 6.45) is 1.73. The summed E-state index contributed by atoms with van der Waals surface area (Å²) in [4.78, 5) is 25.8. The molecular weight excluding hydrogens is 250 g/mol. The Hall–Kier alpha value is -1.40. The molecule has 3 N–H and O–H groups in total. The summed E-state index contributed by atoms with van der Waals surface area (Å²) in [6, 6.07) is 3.72. The number of piperidine rings is 1. The van der Waals surface area contributed by atoms with Crippen LogP contribution in [0, 0.1) is 0 Å². The van der Waals surface area contributed by atoms with Gasteiger partial charge in [0.25, 0.3) is 5.91 Å². The number of carbonyl (C=O) groups excluding carboxylic acids is 2. The zero-order chi connectivity index (χ0) is 13.0. The first-order chi connectivity index (χ1) is 8.68. The lowest BCUT2D eigenvalue weighted by Gasteiger charge is -2.33. The first kappa shape index (κ1) is 13.0. The maximum atomic E-state index is 12.3. The standard InChI is InChI=1S/C12H17N3O2S/c13-11(16)8-15(9-3-5-14-6-4-9)12(17)10-2-1-7-18-10/h1-2,7,9,14H,3-6,8H2,(H2,13,16). The van der Waals surface area contributed by atoms with Crippen molar-refractivity contribution in [2.75, 3.05) is 19.6 Å². The van der Waals surface area contributed by atoms with Gasteiger partial charge in [0.15, 0.2) is 0 Å². The average Bonchev–Trinajstić information content (AvgIpc) is 2.90. The quantitative estimate of drug-likeness (QED) is 0.830. The molecule has 0 atom stereocenters. The van der Waals surface area contributed by atoms with E-state index in [0.29, 0.717) is 4.88 Å². The van der Waals surface area contributed by atoms with Crippen molar-refractivity contribution in [1.82, 2.24) is 10.2 Å². The number of nitrogens with two attached hydrogens (primary N) is 1. The number of carbonyl (C=O) groups is 2. The van der Waals surface area contributed by atoms with Crippen LogP contribution in [0.1, 0.15) is 22.5 Å². The van der Waals surface area contributed by atoms with Crippen molar-refractivity contribution < 1.29 is 9.59 Å². The van der Waals surface area contributed by atoms with Crippen LogP contribution in [-0.4, -0.2) is 42.4 Å². The molecule has 98 valence electrons. The second-order valence-corrected chi connectivity index (χ2v) is 5.31. The summed E-state index contributed by atoms with van der Waals surface area (Å²) in [5.41, 5.74) is 5.25. The van der Waals surface area contributed by atoms with Gasteiger partial charge in [0, 0.05) is 6.04 Å². The molecule has 0 aliphatic carbocycles. The number of nitrogens with zero attached hydrogens (tertiary/aromatic N) is 1. The Morgan fingerprint density at radius 1 is 1.44 bits per heavy atom. The van der Waals surface area contributed by atoms with Crippen molar-refractivity contribution in [2.45, 2.75) is 18.9 Å². The molecule has 0 aromatic carbocycles. The van der Waals surface area contributed by atoms with E-state index in [0.717, 1.165) is 25.9 Å². The molecule has 2 heterocycles. The summed E-state index contributed by atoms with van der Waals surface area (Å²) in [5, 5.41) is 5.10. The van der Waals surface area contributed by atoms with Crippen LogP contribution >= 0.6 is 11.3 Å². The van der Waals surface area contributed by atoms with Crippen LogP contribution in [0.25, 0.3) is 0 Å². The minimum atomic E-state index is -0.460. The summed E-state index contributed by atoms with van der Waals surface area (Å²) in [5.74, 6) is -0.547. The van der Waals surface area contributed by atoms with Crippen LogP contribution in [-0.2, 0) is 4.79 Å². The van der Waals surface area contributed by atoms with E-state index in [1.54, 1.807) is 11.0 Å². The van der Waals surface area contributed by atoms with Crippen LogP contribution in [0.2, 0.25) is 0 Å². The van der Waals surface area contributed by atoms with E-state index in [4.69, 9.17) is 5.73 Å². The molecule has 0 bridgehead atoms. The number of amides is 2. The Bertz CT molecular complexity index is 413. The molecule has 0 unspecified atom stereocenters. The molecular formula is C12H17N3O2S. The lowest BCUT2D eigenvalue weighted by molar-refractivity contribution is -0.119. The van der Waals surface area contributed by atoms with E-state index in [2.05, 4.69) is 5.32 Å². The van der Waals surface area contributed by atoms with Gasteiger partial charge in [0.2, 0.25) is 5.91 Å². The van der Waals surface area contributed by atoms with Gasteiger partial charge in [-0.2, -0.15) is 0 Å². The zero-order valence-electron chi connectivity index (χ0n) is 10.1. The predicted octanol–water partition coefficient (Wildman–Crippen LogP) is 0.428. The molecule has 1 aromatic rings. The maximum absolute atomic E-state index is 12.3. The van der Waals surface area contributed by atoms with Crippen molar-refractivity contribution in [1.29, 1.82) is 0 Å². The molecule has 1 saturated heterocycles. The Morgan fingerprint density at radius 2 is 2.17 bits per heavy atom. The van der Waals surface area contributed by atoms with Gasteiger partial charge < -0.3 is 16.0 Å². The van der Waals surface area contributed by atoms with Crippen molar-refractivity contribution in [3.05, 3.63) is 22.4 Å². The molecule has 18 heavy (non-hydrogen) atoms. The van der Waals surface area contributed by atoms with Gasteiger partial charge in [-0.05, 0) is 37.4 Å². The Kier molecular flexibility index (Phi) is 4.33. The monoisotopic (exact) mass is 267 g/mol. The van der Waals surface area contributed by atoms with E-state index >= 15 is 0 Å². The second-order valence-electron chi connectivity index (χ2n) is 4.36. The molecule has 1 aliphatic rings. The van der Waals surface area contributed by atoms with E-state index in [1.165, 1.54) is 11.3 Å². The molecule has 5 nitrogen and oxygen atoms in total. The van der Waals surface area contributed by atoms with E-state index in [-0.39, 0.29) is 18.5 Å². The third-order valence-corrected chi connectivity index (χ3v) is 3.93. The van der Waals surface area contributed by atoms with Gasteiger partial charge in [0.1, 0.15) is 0 Å². The largest absolute Gasteiger partial charge is 0.368 e. The lowest BCUT2D eigenvalue weighted by Crippen LogP contribution is -2.49. The average molecular weight is 267 g/mol. The molecule has 6 heteroatoms. The highest BCUT2D eigenvalue weighted by Gasteiger charge is 2.27. The minimum absolute atomic E-state index is 0.00139. The summed E-state index contributed by atoms with van der Waals surface area (Å²) in [6.45, 7) is 1.75. The van der Waals surface area contributed by atoms with Crippen LogP contribution in [0.3, 0.4) is 0 Å². The van der Waals surface area contributed by atoms with Gasteiger partial charge in [-0.1, -0.05) is 6.07 Å². The summed E-state index contributed by atoms with van der Waals surface area (Å²) < 4.78 is 0. The fourth-order valence-electron chi connectivity index (χ4n) is 2.19. The van der Waals surface area contributed by atoms with Crippen molar-refractivity contribution in [3.8, 4) is 0 Å². The SMILES string of the molecule is NC(=O)CN(C(=O)c1cccs1)C1CCNCC1. The molecule has 1 aromatic heterocycles. The van der Waals surface area contributed by atoms with Gasteiger partial charge in [-0.15, -0.1) is 11.3 Å². The smallest absolute Gasteiger partial charge is 0.264 e. The van der Waals surface area contributed by atoms with E-state index in [1.807, 2.05) is 11.4 Å². The minimum Gasteiger partial charge on any atom is -0.368 e. The van der Waals surface area contributed by atoms with Crippen molar-refractivity contribution >= 4 is 23.2 Å². The fraction of sp³-hybridized carbons (Fsp3) is 0.500. The highest BCUT2D eigenvalue weighted by Crippen LogP contribution is 2.18. The van der Waals surface area contributed by atoms with Gasteiger partial charge in [-0.3, -0.25) is 9.59 Å². The molecule has 0 saturated carbocycles. The first-order valence-electron chi connectivity index (χ1n) is 6.02. The van der Waals surface area contributed by atoms with Crippen LogP contribution in [0.4, 0.5) is 0 Å². The van der Waals surface area contributed by atoms with Gasteiger partial charge in [0.05, 0.1) is 11.4 Å². The number of nitrogens with one attached hydrogen (secondary N) is 1.